The summed E-state index contributed by atoms with van der Waals surface area (Å²) >= 11 is 3.77. The highest BCUT2D eigenvalue weighted by Gasteiger charge is 2.24. The molecule has 0 atom stereocenters. The minimum absolute atomic E-state index is 0.972. The number of hydrogen-bond acceptors (Lipinski definition) is 3. The number of para-hydroxylation sites is 2. The second-order valence-electron chi connectivity index (χ2n) is 8.15. The monoisotopic (exact) mass is 469 g/mol. The van der Waals surface area contributed by atoms with Gasteiger partial charge in [-0.15, -0.1) is 0 Å². The van der Waals surface area contributed by atoms with Crippen LogP contribution in [-0.4, -0.2) is 6.54 Å². The number of allylic oxidation sites excluding steroid dienone is 2. The summed E-state index contributed by atoms with van der Waals surface area (Å²) in [6.45, 7) is 6.42. The van der Waals surface area contributed by atoms with Gasteiger partial charge in [0.05, 0.1) is 10.7 Å². The van der Waals surface area contributed by atoms with E-state index in [-0.39, 0.29) is 0 Å². The van der Waals surface area contributed by atoms with Gasteiger partial charge in [0.15, 0.2) is 0 Å². The number of thioether (sulfide) groups is 1. The van der Waals surface area contributed by atoms with Gasteiger partial charge >= 0.3 is 0 Å². The summed E-state index contributed by atoms with van der Waals surface area (Å²) in [7, 11) is 0. The Labute approximate surface area is 204 Å². The molecule has 0 aliphatic carbocycles. The fourth-order valence-electron chi connectivity index (χ4n) is 4.41. The zero-order chi connectivity index (χ0) is 22.6. The van der Waals surface area contributed by atoms with E-state index in [1.807, 2.05) is 23.1 Å². The molecule has 0 saturated heterocycles. The number of thiazole rings is 1. The molecule has 0 N–H and O–H groups in total. The van der Waals surface area contributed by atoms with E-state index in [4.69, 9.17) is 0 Å². The SMILES string of the molecule is CCN1C(=CC(=Cc2sc3ccccc3[n+]2CC)CCc2ccccc2)Sc2ccccc21. The largest absolute Gasteiger partial charge is 0.335 e. The number of nitrogens with zero attached hydrogens (tertiary/aromatic N) is 2. The molecule has 5 rings (SSSR count). The van der Waals surface area contributed by atoms with Crippen LogP contribution >= 0.6 is 23.1 Å². The lowest BCUT2D eigenvalue weighted by atomic mass is 10.0. The highest BCUT2D eigenvalue weighted by atomic mass is 32.2. The van der Waals surface area contributed by atoms with E-state index in [9.17, 15) is 0 Å². The molecule has 2 heterocycles. The van der Waals surface area contributed by atoms with Crippen molar-refractivity contribution in [1.82, 2.24) is 0 Å². The molecule has 0 unspecified atom stereocenters. The van der Waals surface area contributed by atoms with Gasteiger partial charge in [-0.25, -0.2) is 0 Å². The fourth-order valence-corrected chi connectivity index (χ4v) is 6.81. The number of benzene rings is 3. The van der Waals surface area contributed by atoms with Crippen molar-refractivity contribution in [3.05, 3.63) is 106 Å². The van der Waals surface area contributed by atoms with Crippen LogP contribution < -0.4 is 9.47 Å². The number of hydrogen-bond donors (Lipinski definition) is 0. The normalized spacial score (nSPS) is 14.9. The maximum Gasteiger partial charge on any atom is 0.263 e. The first-order chi connectivity index (χ1) is 16.3. The second kappa shape index (κ2) is 9.98. The molecular weight excluding hydrogens is 440 g/mol. The van der Waals surface area contributed by atoms with Crippen LogP contribution in [-0.2, 0) is 13.0 Å². The Kier molecular flexibility index (Phi) is 6.65. The minimum Gasteiger partial charge on any atom is -0.335 e. The van der Waals surface area contributed by atoms with Crippen molar-refractivity contribution in [3.63, 3.8) is 0 Å². The summed E-state index contributed by atoms with van der Waals surface area (Å²) < 4.78 is 3.79. The zero-order valence-corrected chi connectivity index (χ0v) is 20.8. The van der Waals surface area contributed by atoms with E-state index in [0.29, 0.717) is 0 Å². The smallest absolute Gasteiger partial charge is 0.263 e. The summed E-state index contributed by atoms with van der Waals surface area (Å²) in [5.74, 6) is 0. The molecular formula is C29H29N2S2+. The van der Waals surface area contributed by atoms with Crippen LogP contribution in [0, 0.1) is 0 Å². The Morgan fingerprint density at radius 1 is 0.909 bits per heavy atom. The van der Waals surface area contributed by atoms with E-state index in [1.54, 1.807) is 0 Å². The number of aromatic nitrogens is 1. The third-order valence-corrected chi connectivity index (χ3v) is 8.29. The van der Waals surface area contributed by atoms with E-state index < -0.39 is 0 Å². The van der Waals surface area contributed by atoms with Crippen molar-refractivity contribution in [2.75, 3.05) is 11.4 Å². The number of rotatable bonds is 7. The van der Waals surface area contributed by atoms with Gasteiger partial charge in [0.1, 0.15) is 11.2 Å². The molecule has 3 aromatic carbocycles. The van der Waals surface area contributed by atoms with Gasteiger partial charge in [-0.3, -0.25) is 0 Å². The molecule has 33 heavy (non-hydrogen) atoms. The van der Waals surface area contributed by atoms with Crippen molar-refractivity contribution >= 4 is 45.1 Å². The van der Waals surface area contributed by atoms with Crippen LogP contribution in [0.4, 0.5) is 5.69 Å². The first kappa shape index (κ1) is 22.0. The first-order valence-corrected chi connectivity index (χ1v) is 13.3. The maximum atomic E-state index is 2.44. The van der Waals surface area contributed by atoms with Crippen LogP contribution in [0.3, 0.4) is 0 Å². The van der Waals surface area contributed by atoms with Crippen LogP contribution in [0.5, 0.6) is 0 Å². The van der Waals surface area contributed by atoms with Crippen molar-refractivity contribution < 1.29 is 4.57 Å². The third-order valence-electron chi connectivity index (χ3n) is 6.07. The Balaban J connectivity index is 1.55. The highest BCUT2D eigenvalue weighted by Crippen LogP contribution is 2.46. The molecule has 4 aromatic rings. The number of fused-ring (bicyclic) bond motifs is 2. The van der Waals surface area contributed by atoms with Crippen LogP contribution in [0.1, 0.15) is 30.8 Å². The van der Waals surface area contributed by atoms with Crippen molar-refractivity contribution in [1.29, 1.82) is 0 Å². The number of anilines is 1. The van der Waals surface area contributed by atoms with Gasteiger partial charge in [0.2, 0.25) is 5.52 Å². The standard InChI is InChI=1S/C29H29N2S2/c1-3-30-24-14-8-10-16-26(24)32-28(30)20-23(19-18-22-12-6-5-7-13-22)21-29-31(4-2)25-15-9-11-17-27(25)33-29/h5-17,20-21H,3-4,18-19H2,1-2H3/q+1. The predicted octanol–water partition coefficient (Wildman–Crippen LogP) is 7.70. The van der Waals surface area contributed by atoms with Gasteiger partial charge < -0.3 is 4.90 Å². The Morgan fingerprint density at radius 2 is 1.67 bits per heavy atom. The lowest BCUT2D eigenvalue weighted by Gasteiger charge is -2.18. The molecule has 0 fully saturated rings. The number of aryl methyl sites for hydroxylation is 2. The molecule has 0 saturated carbocycles. The maximum absolute atomic E-state index is 2.44. The lowest BCUT2D eigenvalue weighted by Crippen LogP contribution is -2.33. The quantitative estimate of drug-likeness (QED) is 0.256. The van der Waals surface area contributed by atoms with Crippen molar-refractivity contribution in [3.8, 4) is 0 Å². The Hall–Kier alpha value is -2.82. The van der Waals surface area contributed by atoms with Gasteiger partial charge in [-0.05, 0) is 62.1 Å². The Morgan fingerprint density at radius 3 is 2.48 bits per heavy atom. The molecule has 1 aromatic heterocycles. The average Bonchev–Trinajstić information content (AvgIpc) is 3.39. The predicted molar refractivity (Wildman–Crippen MR) is 144 cm³/mol. The molecule has 1 aliphatic rings. The van der Waals surface area contributed by atoms with Gasteiger partial charge in [0.25, 0.3) is 5.01 Å². The summed E-state index contributed by atoms with van der Waals surface area (Å²) in [6.07, 6.45) is 6.89. The highest BCUT2D eigenvalue weighted by molar-refractivity contribution is 8.03. The average molecular weight is 470 g/mol. The molecule has 0 spiro atoms. The minimum atomic E-state index is 0.972. The summed E-state index contributed by atoms with van der Waals surface area (Å²) in [6, 6.07) is 28.3. The summed E-state index contributed by atoms with van der Waals surface area (Å²) in [4.78, 5) is 3.79. The molecule has 0 amide bonds. The first-order valence-electron chi connectivity index (χ1n) is 11.7. The molecule has 1 aliphatic heterocycles. The van der Waals surface area contributed by atoms with Crippen LogP contribution in [0.15, 0.2) is 100 Å². The van der Waals surface area contributed by atoms with Gasteiger partial charge in [-0.2, -0.15) is 4.57 Å². The molecule has 0 bridgehead atoms. The fraction of sp³-hybridized carbons (Fsp3) is 0.207. The summed E-state index contributed by atoms with van der Waals surface area (Å²) in [5.41, 5.74) is 5.41. The van der Waals surface area contributed by atoms with Crippen molar-refractivity contribution in [2.24, 2.45) is 0 Å². The second-order valence-corrected chi connectivity index (χ2v) is 10.3. The van der Waals surface area contributed by atoms with E-state index in [2.05, 4.69) is 114 Å². The summed E-state index contributed by atoms with van der Waals surface area (Å²) in [5, 5.41) is 2.64. The van der Waals surface area contributed by atoms with Crippen LogP contribution in [0.25, 0.3) is 16.3 Å². The molecule has 2 nitrogen and oxygen atoms in total. The third kappa shape index (κ3) is 4.64. The van der Waals surface area contributed by atoms with Gasteiger partial charge in [0, 0.05) is 23.6 Å². The van der Waals surface area contributed by atoms with Crippen molar-refractivity contribution in [2.45, 2.75) is 38.1 Å². The van der Waals surface area contributed by atoms with Crippen LogP contribution in [0.2, 0.25) is 0 Å². The molecule has 0 radical (unpaired) electrons. The molecule has 4 heteroatoms. The van der Waals surface area contributed by atoms with E-state index in [0.717, 1.165) is 25.9 Å². The van der Waals surface area contributed by atoms with E-state index in [1.165, 1.54) is 42.0 Å². The Bertz CT molecular complexity index is 1320. The molecule has 166 valence electrons. The van der Waals surface area contributed by atoms with Gasteiger partial charge in [-0.1, -0.05) is 77.7 Å². The lowest BCUT2D eigenvalue weighted by molar-refractivity contribution is -0.665. The zero-order valence-electron chi connectivity index (χ0n) is 19.2. The topological polar surface area (TPSA) is 7.12 Å². The van der Waals surface area contributed by atoms with E-state index >= 15 is 0 Å².